The van der Waals surface area contributed by atoms with Crippen LogP contribution in [-0.4, -0.2) is 12.1 Å². The predicted molar refractivity (Wildman–Crippen MR) is 101 cm³/mol. The molecule has 0 heterocycles. The van der Waals surface area contributed by atoms with Gasteiger partial charge < -0.3 is 4.74 Å². The molecule has 0 rings (SSSR count). The molecule has 138 valence electrons. The number of ether oxygens (including phenoxy) is 1. The molecule has 0 saturated carbocycles. The van der Waals surface area contributed by atoms with Gasteiger partial charge in [-0.3, -0.25) is 4.79 Å². The summed E-state index contributed by atoms with van der Waals surface area (Å²) in [6.07, 6.45) is 22.0. The summed E-state index contributed by atoms with van der Waals surface area (Å²) in [7, 11) is 0. The SMILES string of the molecule is CCCCCCCCCCCCCCCCCC(C)OC(C)=O. The zero-order valence-corrected chi connectivity index (χ0v) is 16.2. The Morgan fingerprint density at radius 1 is 0.696 bits per heavy atom. The van der Waals surface area contributed by atoms with Crippen molar-refractivity contribution in [1.29, 1.82) is 0 Å². The molecule has 0 aliphatic carbocycles. The summed E-state index contributed by atoms with van der Waals surface area (Å²) in [5.41, 5.74) is 0. The number of hydrogen-bond acceptors (Lipinski definition) is 2. The average molecular weight is 327 g/mol. The van der Waals surface area contributed by atoms with E-state index in [9.17, 15) is 4.79 Å². The van der Waals surface area contributed by atoms with Crippen molar-refractivity contribution in [3.05, 3.63) is 0 Å². The minimum Gasteiger partial charge on any atom is -0.463 e. The maximum atomic E-state index is 10.8. The van der Waals surface area contributed by atoms with Gasteiger partial charge in [0.25, 0.3) is 0 Å². The lowest BCUT2D eigenvalue weighted by Crippen LogP contribution is -2.11. The van der Waals surface area contributed by atoms with Crippen molar-refractivity contribution >= 4 is 5.97 Å². The van der Waals surface area contributed by atoms with Gasteiger partial charge in [-0.15, -0.1) is 0 Å². The second-order valence-electron chi connectivity index (χ2n) is 7.16. The number of esters is 1. The maximum Gasteiger partial charge on any atom is 0.302 e. The highest BCUT2D eigenvalue weighted by molar-refractivity contribution is 5.66. The molecule has 0 bridgehead atoms. The van der Waals surface area contributed by atoms with Gasteiger partial charge in [0.15, 0.2) is 0 Å². The van der Waals surface area contributed by atoms with E-state index < -0.39 is 0 Å². The van der Waals surface area contributed by atoms with Gasteiger partial charge in [0.05, 0.1) is 6.10 Å². The van der Waals surface area contributed by atoms with Gasteiger partial charge in [-0.05, 0) is 19.8 Å². The van der Waals surface area contributed by atoms with Crippen LogP contribution in [0.2, 0.25) is 0 Å². The van der Waals surface area contributed by atoms with Crippen LogP contribution in [0.4, 0.5) is 0 Å². The van der Waals surface area contributed by atoms with E-state index in [1.165, 1.54) is 103 Å². The minimum absolute atomic E-state index is 0.0921. The Kier molecular flexibility index (Phi) is 17.4. The van der Waals surface area contributed by atoms with Gasteiger partial charge in [0.2, 0.25) is 0 Å². The molecule has 0 aromatic rings. The van der Waals surface area contributed by atoms with Gasteiger partial charge in [-0.25, -0.2) is 0 Å². The molecule has 23 heavy (non-hydrogen) atoms. The van der Waals surface area contributed by atoms with Gasteiger partial charge in [0, 0.05) is 6.92 Å². The fourth-order valence-corrected chi connectivity index (χ4v) is 3.15. The Morgan fingerprint density at radius 2 is 1.04 bits per heavy atom. The van der Waals surface area contributed by atoms with Crippen molar-refractivity contribution in [1.82, 2.24) is 0 Å². The summed E-state index contributed by atoms with van der Waals surface area (Å²) in [6.45, 7) is 5.76. The molecule has 0 aliphatic rings. The Labute approximate surface area is 145 Å². The lowest BCUT2D eigenvalue weighted by molar-refractivity contribution is -0.145. The molecule has 1 unspecified atom stereocenters. The number of carbonyl (C=O) groups is 1. The highest BCUT2D eigenvalue weighted by Crippen LogP contribution is 2.14. The third kappa shape index (κ3) is 19.4. The Balaban J connectivity index is 3.06. The lowest BCUT2D eigenvalue weighted by Gasteiger charge is -2.11. The molecular formula is C21H42O2. The van der Waals surface area contributed by atoms with Crippen molar-refractivity contribution < 1.29 is 9.53 Å². The largest absolute Gasteiger partial charge is 0.463 e. The van der Waals surface area contributed by atoms with Crippen LogP contribution < -0.4 is 0 Å². The summed E-state index contributed by atoms with van der Waals surface area (Å²) in [4.78, 5) is 10.8. The second-order valence-corrected chi connectivity index (χ2v) is 7.16. The highest BCUT2D eigenvalue weighted by atomic mass is 16.5. The molecule has 0 saturated heterocycles. The van der Waals surface area contributed by atoms with Crippen molar-refractivity contribution in [2.75, 3.05) is 0 Å². The van der Waals surface area contributed by atoms with Crippen LogP contribution in [0.1, 0.15) is 124 Å². The summed E-state index contributed by atoms with van der Waals surface area (Å²) < 4.78 is 5.13. The van der Waals surface area contributed by atoms with E-state index in [1.807, 2.05) is 6.92 Å². The zero-order valence-electron chi connectivity index (χ0n) is 16.2. The molecule has 0 amide bonds. The third-order valence-corrected chi connectivity index (χ3v) is 4.58. The van der Waals surface area contributed by atoms with Gasteiger partial charge in [-0.2, -0.15) is 0 Å². The Bertz CT molecular complexity index is 250. The first-order valence-corrected chi connectivity index (χ1v) is 10.3. The van der Waals surface area contributed by atoms with Crippen LogP contribution in [0.15, 0.2) is 0 Å². The summed E-state index contributed by atoms with van der Waals surface area (Å²) in [6, 6.07) is 0. The predicted octanol–water partition coefficient (Wildman–Crippen LogP) is 7.20. The number of hydrogen-bond donors (Lipinski definition) is 0. The number of rotatable bonds is 17. The van der Waals surface area contributed by atoms with Gasteiger partial charge in [-0.1, -0.05) is 96.8 Å². The van der Waals surface area contributed by atoms with E-state index in [4.69, 9.17) is 4.74 Å². The molecular weight excluding hydrogens is 284 g/mol. The quantitative estimate of drug-likeness (QED) is 0.209. The number of unbranched alkanes of at least 4 members (excludes halogenated alkanes) is 14. The fourth-order valence-electron chi connectivity index (χ4n) is 3.15. The molecule has 0 N–H and O–H groups in total. The average Bonchev–Trinajstić information content (AvgIpc) is 2.50. The van der Waals surface area contributed by atoms with E-state index in [0.717, 1.165) is 6.42 Å². The molecule has 0 fully saturated rings. The van der Waals surface area contributed by atoms with Crippen LogP contribution in [0.3, 0.4) is 0 Å². The summed E-state index contributed by atoms with van der Waals surface area (Å²) in [5, 5.41) is 0. The lowest BCUT2D eigenvalue weighted by atomic mass is 10.0. The normalized spacial score (nSPS) is 12.3. The Hall–Kier alpha value is -0.530. The van der Waals surface area contributed by atoms with Crippen LogP contribution in [0.25, 0.3) is 0 Å². The van der Waals surface area contributed by atoms with E-state index in [0.29, 0.717) is 0 Å². The number of carbonyl (C=O) groups excluding carboxylic acids is 1. The minimum atomic E-state index is -0.154. The molecule has 1 atom stereocenters. The van der Waals surface area contributed by atoms with Crippen molar-refractivity contribution in [2.45, 2.75) is 130 Å². The molecule has 0 aliphatic heterocycles. The van der Waals surface area contributed by atoms with Crippen molar-refractivity contribution in [2.24, 2.45) is 0 Å². The first-order valence-electron chi connectivity index (χ1n) is 10.3. The smallest absolute Gasteiger partial charge is 0.302 e. The fraction of sp³-hybridized carbons (Fsp3) is 0.952. The van der Waals surface area contributed by atoms with Gasteiger partial charge in [0.1, 0.15) is 0 Å². The van der Waals surface area contributed by atoms with Crippen LogP contribution >= 0.6 is 0 Å². The molecule has 0 aromatic carbocycles. The van der Waals surface area contributed by atoms with Crippen LogP contribution in [0.5, 0.6) is 0 Å². The molecule has 0 aromatic heterocycles. The van der Waals surface area contributed by atoms with E-state index >= 15 is 0 Å². The van der Waals surface area contributed by atoms with E-state index in [1.54, 1.807) is 0 Å². The van der Waals surface area contributed by atoms with Crippen LogP contribution in [0, 0.1) is 0 Å². The van der Waals surface area contributed by atoms with Crippen molar-refractivity contribution in [3.8, 4) is 0 Å². The summed E-state index contributed by atoms with van der Waals surface area (Å²) in [5.74, 6) is -0.154. The Morgan fingerprint density at radius 3 is 1.39 bits per heavy atom. The van der Waals surface area contributed by atoms with E-state index in [-0.39, 0.29) is 12.1 Å². The molecule has 0 spiro atoms. The first-order chi connectivity index (χ1) is 11.2. The third-order valence-electron chi connectivity index (χ3n) is 4.58. The first kappa shape index (κ1) is 22.5. The molecule has 0 radical (unpaired) electrons. The summed E-state index contributed by atoms with van der Waals surface area (Å²) >= 11 is 0. The topological polar surface area (TPSA) is 26.3 Å². The van der Waals surface area contributed by atoms with E-state index in [2.05, 4.69) is 6.92 Å². The monoisotopic (exact) mass is 326 g/mol. The van der Waals surface area contributed by atoms with Crippen LogP contribution in [-0.2, 0) is 9.53 Å². The molecule has 2 nitrogen and oxygen atoms in total. The second kappa shape index (κ2) is 17.8. The van der Waals surface area contributed by atoms with Gasteiger partial charge >= 0.3 is 5.97 Å². The zero-order chi connectivity index (χ0) is 17.2. The standard InChI is InChI=1S/C21H42O2/c1-4-5-6-7-8-9-10-11-12-13-14-15-16-17-18-19-20(2)23-21(3)22/h20H,4-19H2,1-3H3. The highest BCUT2D eigenvalue weighted by Gasteiger charge is 2.04. The van der Waals surface area contributed by atoms with Crippen molar-refractivity contribution in [3.63, 3.8) is 0 Å². The molecule has 2 heteroatoms. The maximum absolute atomic E-state index is 10.8.